The minimum absolute atomic E-state index is 0.434. The molecular formula is C16H22N2O. The van der Waals surface area contributed by atoms with Crippen molar-refractivity contribution in [3.63, 3.8) is 0 Å². The van der Waals surface area contributed by atoms with Gasteiger partial charge < -0.3 is 4.74 Å². The summed E-state index contributed by atoms with van der Waals surface area (Å²) in [7, 11) is 3.72. The lowest BCUT2D eigenvalue weighted by atomic mass is 9.95. The Balaban J connectivity index is 2.64. The summed E-state index contributed by atoms with van der Waals surface area (Å²) in [5.41, 5.74) is 5.87. The molecule has 0 amide bonds. The molecule has 2 aromatic rings. The lowest BCUT2D eigenvalue weighted by Crippen LogP contribution is -2.00. The molecule has 19 heavy (non-hydrogen) atoms. The van der Waals surface area contributed by atoms with E-state index in [1.165, 1.54) is 16.7 Å². The number of rotatable bonds is 3. The molecule has 0 spiro atoms. The van der Waals surface area contributed by atoms with Gasteiger partial charge in [-0.25, -0.2) is 0 Å². The molecule has 0 saturated carbocycles. The number of hydrogen-bond donors (Lipinski definition) is 0. The molecule has 0 bridgehead atoms. The minimum atomic E-state index is 0.434. The molecule has 1 aromatic heterocycles. The van der Waals surface area contributed by atoms with E-state index < -0.39 is 0 Å². The van der Waals surface area contributed by atoms with E-state index in [1.54, 1.807) is 7.11 Å². The van der Waals surface area contributed by atoms with Crippen LogP contribution in [0, 0.1) is 13.8 Å². The zero-order chi connectivity index (χ0) is 14.2. The van der Waals surface area contributed by atoms with Gasteiger partial charge in [-0.15, -0.1) is 0 Å². The van der Waals surface area contributed by atoms with Crippen LogP contribution in [0.5, 0.6) is 5.75 Å². The first kappa shape index (κ1) is 13.7. The highest BCUT2D eigenvalue weighted by molar-refractivity contribution is 5.67. The summed E-state index contributed by atoms with van der Waals surface area (Å²) in [4.78, 5) is 0. The number of aromatic nitrogens is 2. The van der Waals surface area contributed by atoms with Crippen molar-refractivity contribution >= 4 is 0 Å². The molecule has 102 valence electrons. The Bertz CT molecular complexity index is 597. The summed E-state index contributed by atoms with van der Waals surface area (Å²) in [6.07, 6.45) is 0. The largest absolute Gasteiger partial charge is 0.496 e. The zero-order valence-electron chi connectivity index (χ0n) is 12.6. The maximum absolute atomic E-state index is 5.49. The monoisotopic (exact) mass is 258 g/mol. The third kappa shape index (κ3) is 2.50. The van der Waals surface area contributed by atoms with Crippen molar-refractivity contribution in [3.05, 3.63) is 35.0 Å². The van der Waals surface area contributed by atoms with Gasteiger partial charge in [-0.2, -0.15) is 5.10 Å². The fourth-order valence-electron chi connectivity index (χ4n) is 2.46. The summed E-state index contributed by atoms with van der Waals surface area (Å²) >= 11 is 0. The first-order chi connectivity index (χ1) is 8.93. The number of methoxy groups -OCH3 is 1. The smallest absolute Gasteiger partial charge is 0.122 e. The van der Waals surface area contributed by atoms with Crippen molar-refractivity contribution in [3.8, 4) is 17.0 Å². The van der Waals surface area contributed by atoms with Gasteiger partial charge in [0.2, 0.25) is 0 Å². The quantitative estimate of drug-likeness (QED) is 0.836. The summed E-state index contributed by atoms with van der Waals surface area (Å²) < 4.78 is 7.43. The van der Waals surface area contributed by atoms with Crippen LogP contribution in [-0.4, -0.2) is 16.9 Å². The van der Waals surface area contributed by atoms with Gasteiger partial charge in [0.25, 0.3) is 0 Å². The molecule has 0 unspecified atom stereocenters. The molecule has 0 radical (unpaired) electrons. The van der Waals surface area contributed by atoms with Crippen molar-refractivity contribution in [2.24, 2.45) is 7.05 Å². The molecule has 0 aliphatic rings. The van der Waals surface area contributed by atoms with Crippen molar-refractivity contribution in [1.29, 1.82) is 0 Å². The summed E-state index contributed by atoms with van der Waals surface area (Å²) in [6, 6.07) is 6.47. The highest BCUT2D eigenvalue weighted by Gasteiger charge is 2.14. The average Bonchev–Trinajstić information content (AvgIpc) is 2.67. The van der Waals surface area contributed by atoms with Crippen LogP contribution < -0.4 is 4.74 Å². The molecule has 1 aromatic carbocycles. The van der Waals surface area contributed by atoms with Crippen LogP contribution in [-0.2, 0) is 7.05 Å². The van der Waals surface area contributed by atoms with E-state index in [1.807, 2.05) is 18.7 Å². The van der Waals surface area contributed by atoms with Crippen molar-refractivity contribution < 1.29 is 4.74 Å². The van der Waals surface area contributed by atoms with E-state index in [9.17, 15) is 0 Å². The normalized spacial score (nSPS) is 11.1. The number of nitrogens with zero attached hydrogens (tertiary/aromatic N) is 2. The van der Waals surface area contributed by atoms with E-state index in [-0.39, 0.29) is 0 Å². The van der Waals surface area contributed by atoms with E-state index in [0.29, 0.717) is 5.92 Å². The molecule has 1 heterocycles. The van der Waals surface area contributed by atoms with E-state index in [0.717, 1.165) is 17.1 Å². The van der Waals surface area contributed by atoms with Crippen molar-refractivity contribution in [1.82, 2.24) is 9.78 Å². The van der Waals surface area contributed by atoms with Crippen LogP contribution in [0.25, 0.3) is 11.3 Å². The van der Waals surface area contributed by atoms with Crippen LogP contribution in [0.1, 0.15) is 36.6 Å². The van der Waals surface area contributed by atoms with Crippen LogP contribution >= 0.6 is 0 Å². The predicted octanol–water partition coefficient (Wildman–Crippen LogP) is 3.84. The van der Waals surface area contributed by atoms with Gasteiger partial charge in [-0.05, 0) is 49.1 Å². The molecule has 0 saturated heterocycles. The van der Waals surface area contributed by atoms with Gasteiger partial charge >= 0.3 is 0 Å². The molecule has 0 aliphatic heterocycles. The second-order valence-corrected chi connectivity index (χ2v) is 5.36. The third-order valence-electron chi connectivity index (χ3n) is 3.48. The molecule has 0 aliphatic carbocycles. The molecule has 3 nitrogen and oxygen atoms in total. The number of benzene rings is 1. The summed E-state index contributed by atoms with van der Waals surface area (Å²) in [5, 5.41) is 4.43. The Morgan fingerprint density at radius 1 is 1.16 bits per heavy atom. The fourth-order valence-corrected chi connectivity index (χ4v) is 2.46. The molecule has 0 N–H and O–H groups in total. The van der Waals surface area contributed by atoms with Crippen LogP contribution in [0.2, 0.25) is 0 Å². The Morgan fingerprint density at radius 2 is 1.84 bits per heavy atom. The maximum Gasteiger partial charge on any atom is 0.122 e. The Hall–Kier alpha value is -1.77. The third-order valence-corrected chi connectivity index (χ3v) is 3.48. The zero-order valence-corrected chi connectivity index (χ0v) is 12.6. The molecule has 3 heteroatoms. The average molecular weight is 258 g/mol. The number of aryl methyl sites for hydroxylation is 3. The second-order valence-electron chi connectivity index (χ2n) is 5.36. The van der Waals surface area contributed by atoms with Crippen molar-refractivity contribution in [2.75, 3.05) is 7.11 Å². The molecule has 0 atom stereocenters. The Kier molecular flexibility index (Phi) is 3.65. The number of ether oxygens (including phenoxy) is 1. The SMILES string of the molecule is COc1cc(C)c(-c2cc(C)nn2C)cc1C(C)C. The predicted molar refractivity (Wildman–Crippen MR) is 78.8 cm³/mol. The lowest BCUT2D eigenvalue weighted by molar-refractivity contribution is 0.407. The Morgan fingerprint density at radius 3 is 2.32 bits per heavy atom. The lowest BCUT2D eigenvalue weighted by Gasteiger charge is -2.16. The molecular weight excluding hydrogens is 236 g/mol. The Labute approximate surface area is 115 Å². The first-order valence-electron chi connectivity index (χ1n) is 6.63. The van der Waals surface area contributed by atoms with Gasteiger partial charge in [0.15, 0.2) is 0 Å². The minimum Gasteiger partial charge on any atom is -0.496 e. The standard InChI is InChI=1S/C16H22N2O/c1-10(2)13-9-14(11(3)7-16(13)19-6)15-8-12(4)17-18(15)5/h7-10H,1-6H3. The van der Waals surface area contributed by atoms with Crippen LogP contribution in [0.15, 0.2) is 18.2 Å². The molecule has 0 fully saturated rings. The summed E-state index contributed by atoms with van der Waals surface area (Å²) in [6.45, 7) is 8.51. The number of hydrogen-bond acceptors (Lipinski definition) is 2. The van der Waals surface area contributed by atoms with Crippen LogP contribution in [0.4, 0.5) is 0 Å². The highest BCUT2D eigenvalue weighted by atomic mass is 16.5. The second kappa shape index (κ2) is 5.08. The topological polar surface area (TPSA) is 27.1 Å². The van der Waals surface area contributed by atoms with Gasteiger partial charge in [-0.3, -0.25) is 4.68 Å². The highest BCUT2D eigenvalue weighted by Crippen LogP contribution is 2.34. The fraction of sp³-hybridized carbons (Fsp3) is 0.438. The summed E-state index contributed by atoms with van der Waals surface area (Å²) in [5.74, 6) is 1.40. The van der Waals surface area contributed by atoms with E-state index >= 15 is 0 Å². The molecule has 2 rings (SSSR count). The van der Waals surface area contributed by atoms with Gasteiger partial charge in [0, 0.05) is 12.6 Å². The van der Waals surface area contributed by atoms with Gasteiger partial charge in [-0.1, -0.05) is 13.8 Å². The van der Waals surface area contributed by atoms with Crippen LogP contribution in [0.3, 0.4) is 0 Å². The maximum atomic E-state index is 5.49. The van der Waals surface area contributed by atoms with Crippen molar-refractivity contribution in [2.45, 2.75) is 33.6 Å². The van der Waals surface area contributed by atoms with E-state index in [4.69, 9.17) is 4.74 Å². The van der Waals surface area contributed by atoms with Gasteiger partial charge in [0.1, 0.15) is 5.75 Å². The van der Waals surface area contributed by atoms with Gasteiger partial charge in [0.05, 0.1) is 18.5 Å². The first-order valence-corrected chi connectivity index (χ1v) is 6.63. The van der Waals surface area contributed by atoms with E-state index in [2.05, 4.69) is 44.1 Å².